The van der Waals surface area contributed by atoms with E-state index in [1.54, 1.807) is 6.07 Å². The number of carbonyl (C=O) groups excluding carboxylic acids is 3. The molecular weight excluding hydrogens is 248 g/mol. The number of benzene rings is 1. The van der Waals surface area contributed by atoms with E-state index in [9.17, 15) is 14.4 Å². The Morgan fingerprint density at radius 2 is 2.16 bits per heavy atom. The van der Waals surface area contributed by atoms with Crippen LogP contribution in [-0.2, 0) is 32.1 Å². The molecule has 0 aliphatic carbocycles. The number of rotatable bonds is 2. The molecule has 0 fully saturated rings. The number of ether oxygens (including phenoxy) is 1. The number of methoxy groups -OCH3 is 1. The van der Waals surface area contributed by atoms with E-state index in [0.29, 0.717) is 6.42 Å². The van der Waals surface area contributed by atoms with Crippen LogP contribution in [0.5, 0.6) is 0 Å². The van der Waals surface area contributed by atoms with Crippen LogP contribution in [0.15, 0.2) is 18.2 Å². The van der Waals surface area contributed by atoms with Gasteiger partial charge in [0.25, 0.3) is 0 Å². The summed E-state index contributed by atoms with van der Waals surface area (Å²) in [5.41, 5.74) is 2.56. The highest BCUT2D eigenvalue weighted by atomic mass is 16.5. The molecule has 0 spiro atoms. The quantitative estimate of drug-likeness (QED) is 0.615. The van der Waals surface area contributed by atoms with Crippen molar-refractivity contribution in [1.82, 2.24) is 4.90 Å². The zero-order valence-corrected chi connectivity index (χ0v) is 10.7. The Balaban J connectivity index is 2.08. The van der Waals surface area contributed by atoms with Crippen molar-refractivity contribution < 1.29 is 19.1 Å². The lowest BCUT2D eigenvalue weighted by Crippen LogP contribution is -2.33. The van der Waals surface area contributed by atoms with Crippen molar-refractivity contribution in [2.75, 3.05) is 19.5 Å². The molecule has 0 atom stereocenters. The standard InChI is InChI=1S/C13H14N2O4/c1-15(12(17)13(18)19-2)7-8-3-4-10-9(5-8)6-11(16)14-10/h3-5H,6-7H2,1-2H3,(H,14,16). The van der Waals surface area contributed by atoms with E-state index in [0.717, 1.165) is 16.8 Å². The predicted octanol–water partition coefficient (Wildman–Crippen LogP) is 0.313. The highest BCUT2D eigenvalue weighted by Gasteiger charge is 2.21. The molecule has 0 saturated carbocycles. The second kappa shape index (κ2) is 5.09. The average molecular weight is 262 g/mol. The molecule has 1 aliphatic heterocycles. The number of nitrogens with one attached hydrogen (secondary N) is 1. The Morgan fingerprint density at radius 1 is 1.42 bits per heavy atom. The molecule has 0 aromatic heterocycles. The molecule has 19 heavy (non-hydrogen) atoms. The zero-order chi connectivity index (χ0) is 14.0. The van der Waals surface area contributed by atoms with Gasteiger partial charge in [-0.1, -0.05) is 12.1 Å². The molecule has 1 aromatic rings. The lowest BCUT2D eigenvalue weighted by Gasteiger charge is -2.16. The van der Waals surface area contributed by atoms with E-state index in [1.165, 1.54) is 19.1 Å². The number of nitrogens with zero attached hydrogens (tertiary/aromatic N) is 1. The van der Waals surface area contributed by atoms with Gasteiger partial charge in [-0.2, -0.15) is 0 Å². The van der Waals surface area contributed by atoms with Crippen LogP contribution in [-0.4, -0.2) is 36.8 Å². The molecule has 2 amide bonds. The van der Waals surface area contributed by atoms with Crippen LogP contribution in [0.2, 0.25) is 0 Å². The van der Waals surface area contributed by atoms with Gasteiger partial charge < -0.3 is 15.0 Å². The van der Waals surface area contributed by atoms with Gasteiger partial charge in [-0.15, -0.1) is 0 Å². The fourth-order valence-corrected chi connectivity index (χ4v) is 1.97. The molecule has 1 aliphatic rings. The van der Waals surface area contributed by atoms with Crippen LogP contribution in [0, 0.1) is 0 Å². The van der Waals surface area contributed by atoms with Gasteiger partial charge in [0.05, 0.1) is 13.5 Å². The molecule has 1 heterocycles. The van der Waals surface area contributed by atoms with Crippen LogP contribution in [0.4, 0.5) is 5.69 Å². The molecular formula is C13H14N2O4. The van der Waals surface area contributed by atoms with Gasteiger partial charge in [0.1, 0.15) is 0 Å². The summed E-state index contributed by atoms with van der Waals surface area (Å²) in [6.45, 7) is 0.287. The summed E-state index contributed by atoms with van der Waals surface area (Å²) in [7, 11) is 2.69. The number of hydrogen-bond donors (Lipinski definition) is 1. The van der Waals surface area contributed by atoms with Crippen LogP contribution in [0.3, 0.4) is 0 Å². The Hall–Kier alpha value is -2.37. The van der Waals surface area contributed by atoms with Gasteiger partial charge in [-0.3, -0.25) is 9.59 Å². The van der Waals surface area contributed by atoms with Crippen molar-refractivity contribution in [2.45, 2.75) is 13.0 Å². The van der Waals surface area contributed by atoms with Crippen molar-refractivity contribution in [2.24, 2.45) is 0 Å². The van der Waals surface area contributed by atoms with E-state index in [2.05, 4.69) is 10.1 Å². The molecule has 0 bridgehead atoms. The first kappa shape index (κ1) is 13.1. The minimum atomic E-state index is -0.888. The molecule has 6 nitrogen and oxygen atoms in total. The van der Waals surface area contributed by atoms with E-state index in [-0.39, 0.29) is 12.5 Å². The number of anilines is 1. The summed E-state index contributed by atoms with van der Waals surface area (Å²) in [5.74, 6) is -1.62. The summed E-state index contributed by atoms with van der Waals surface area (Å²) >= 11 is 0. The topological polar surface area (TPSA) is 75.7 Å². The predicted molar refractivity (Wildman–Crippen MR) is 67.3 cm³/mol. The number of fused-ring (bicyclic) bond motifs is 1. The third-order valence-electron chi connectivity index (χ3n) is 2.92. The molecule has 0 radical (unpaired) electrons. The van der Waals surface area contributed by atoms with Crippen LogP contribution in [0.25, 0.3) is 0 Å². The smallest absolute Gasteiger partial charge is 0.396 e. The maximum absolute atomic E-state index is 11.5. The number of esters is 1. The summed E-state index contributed by atoms with van der Waals surface area (Å²) in [5, 5.41) is 2.73. The lowest BCUT2D eigenvalue weighted by molar-refractivity contribution is -0.157. The van der Waals surface area contributed by atoms with Gasteiger partial charge in [0, 0.05) is 19.3 Å². The molecule has 0 unspecified atom stereocenters. The number of likely N-dealkylation sites (N-methyl/N-ethyl adjacent to an activating group) is 1. The minimum Gasteiger partial charge on any atom is -0.462 e. The summed E-state index contributed by atoms with van der Waals surface area (Å²) < 4.78 is 4.37. The second-order valence-corrected chi connectivity index (χ2v) is 4.37. The summed E-state index contributed by atoms with van der Waals surface area (Å²) in [6.07, 6.45) is 0.345. The zero-order valence-electron chi connectivity index (χ0n) is 10.7. The van der Waals surface area contributed by atoms with E-state index < -0.39 is 11.9 Å². The first-order chi connectivity index (χ1) is 9.01. The first-order valence-corrected chi connectivity index (χ1v) is 5.76. The third-order valence-corrected chi connectivity index (χ3v) is 2.92. The van der Waals surface area contributed by atoms with Crippen molar-refractivity contribution in [3.05, 3.63) is 29.3 Å². The van der Waals surface area contributed by atoms with Gasteiger partial charge in [0.2, 0.25) is 5.91 Å². The Kier molecular flexibility index (Phi) is 3.50. The fraction of sp³-hybridized carbons (Fsp3) is 0.308. The maximum Gasteiger partial charge on any atom is 0.396 e. The van der Waals surface area contributed by atoms with Crippen molar-refractivity contribution >= 4 is 23.5 Å². The van der Waals surface area contributed by atoms with Crippen molar-refractivity contribution in [1.29, 1.82) is 0 Å². The maximum atomic E-state index is 11.5. The largest absolute Gasteiger partial charge is 0.462 e. The van der Waals surface area contributed by atoms with Crippen LogP contribution < -0.4 is 5.32 Å². The number of amides is 2. The highest BCUT2D eigenvalue weighted by Crippen LogP contribution is 2.24. The molecule has 1 N–H and O–H groups in total. The Labute approximate surface area is 110 Å². The molecule has 0 saturated heterocycles. The fourth-order valence-electron chi connectivity index (χ4n) is 1.97. The van der Waals surface area contributed by atoms with Gasteiger partial charge in [-0.25, -0.2) is 4.79 Å². The monoisotopic (exact) mass is 262 g/mol. The summed E-state index contributed by atoms with van der Waals surface area (Å²) in [4.78, 5) is 35.2. The third kappa shape index (κ3) is 2.73. The SMILES string of the molecule is COC(=O)C(=O)N(C)Cc1ccc2c(c1)CC(=O)N2. The van der Waals surface area contributed by atoms with Crippen molar-refractivity contribution in [3.63, 3.8) is 0 Å². The average Bonchev–Trinajstić information content (AvgIpc) is 2.76. The van der Waals surface area contributed by atoms with Crippen LogP contribution in [0.1, 0.15) is 11.1 Å². The van der Waals surface area contributed by atoms with Gasteiger partial charge >= 0.3 is 11.9 Å². The van der Waals surface area contributed by atoms with Gasteiger partial charge in [-0.05, 0) is 17.2 Å². The lowest BCUT2D eigenvalue weighted by atomic mass is 10.1. The van der Waals surface area contributed by atoms with Crippen LogP contribution >= 0.6 is 0 Å². The van der Waals surface area contributed by atoms with E-state index in [1.807, 2.05) is 12.1 Å². The minimum absolute atomic E-state index is 0.0360. The Morgan fingerprint density at radius 3 is 2.84 bits per heavy atom. The van der Waals surface area contributed by atoms with Gasteiger partial charge in [0.15, 0.2) is 0 Å². The highest BCUT2D eigenvalue weighted by molar-refractivity contribution is 6.32. The Bertz CT molecular complexity index is 554. The first-order valence-electron chi connectivity index (χ1n) is 5.76. The second-order valence-electron chi connectivity index (χ2n) is 4.37. The molecule has 6 heteroatoms. The van der Waals surface area contributed by atoms with E-state index in [4.69, 9.17) is 0 Å². The number of hydrogen-bond acceptors (Lipinski definition) is 4. The normalized spacial score (nSPS) is 12.6. The summed E-state index contributed by atoms with van der Waals surface area (Å²) in [6, 6.07) is 5.46. The number of carbonyl (C=O) groups is 3. The van der Waals surface area contributed by atoms with Crippen molar-refractivity contribution in [3.8, 4) is 0 Å². The van der Waals surface area contributed by atoms with E-state index >= 15 is 0 Å². The molecule has 100 valence electrons. The molecule has 2 rings (SSSR count). The molecule has 1 aromatic carbocycles.